The van der Waals surface area contributed by atoms with Gasteiger partial charge in [-0.2, -0.15) is 5.26 Å². The molecule has 3 aromatic heterocycles. The van der Waals surface area contributed by atoms with Crippen molar-refractivity contribution in [3.63, 3.8) is 0 Å². The van der Waals surface area contributed by atoms with Crippen LogP contribution in [-0.2, 0) is 0 Å². The summed E-state index contributed by atoms with van der Waals surface area (Å²) in [7, 11) is 0. The molecule has 0 bridgehead atoms. The van der Waals surface area contributed by atoms with Crippen LogP contribution in [-0.4, -0.2) is 19.6 Å². The van der Waals surface area contributed by atoms with Crippen molar-refractivity contribution in [1.82, 2.24) is 19.6 Å². The number of allylic oxidation sites excluding steroid dienone is 1. The summed E-state index contributed by atoms with van der Waals surface area (Å²) >= 11 is 2.66. The van der Waals surface area contributed by atoms with Crippen molar-refractivity contribution in [1.29, 1.82) is 5.26 Å². The first kappa shape index (κ1) is 12.6. The average molecular weight is 297 g/mol. The highest BCUT2D eigenvalue weighted by molar-refractivity contribution is 7.11. The standard InChI is InChI=1S/C13H7N5S2/c14-6-9(5-10-7-20-18-17-10)13-16-12(8-19-13)11-3-1-2-4-15-11/h1-5,7-8H/b9-5+. The molecule has 0 atom stereocenters. The maximum Gasteiger partial charge on any atom is 0.134 e. The molecule has 20 heavy (non-hydrogen) atoms. The molecule has 0 amide bonds. The molecule has 5 nitrogen and oxygen atoms in total. The third kappa shape index (κ3) is 2.61. The molecule has 0 radical (unpaired) electrons. The maximum absolute atomic E-state index is 9.25. The van der Waals surface area contributed by atoms with Gasteiger partial charge in [0.15, 0.2) is 0 Å². The number of nitrogens with zero attached hydrogens (tertiary/aromatic N) is 5. The molecule has 0 aliphatic rings. The number of aromatic nitrogens is 4. The van der Waals surface area contributed by atoms with E-state index in [2.05, 4.69) is 25.6 Å². The minimum atomic E-state index is 0.477. The molecule has 0 saturated carbocycles. The fourth-order valence-corrected chi connectivity index (χ4v) is 2.74. The van der Waals surface area contributed by atoms with E-state index in [0.29, 0.717) is 16.3 Å². The Balaban J connectivity index is 1.95. The summed E-state index contributed by atoms with van der Waals surface area (Å²) in [6, 6.07) is 7.79. The SMILES string of the molecule is N#C/C(=C\c1csnn1)c1nc(-c2ccccn2)cs1. The van der Waals surface area contributed by atoms with Crippen LogP contribution in [0.2, 0.25) is 0 Å². The van der Waals surface area contributed by atoms with Crippen molar-refractivity contribution in [3.05, 3.63) is 45.9 Å². The lowest BCUT2D eigenvalue weighted by Gasteiger charge is -1.93. The third-order valence-electron chi connectivity index (χ3n) is 2.45. The number of rotatable bonds is 3. The minimum Gasteiger partial charge on any atom is -0.255 e. The molecule has 0 aliphatic carbocycles. The molecule has 0 aliphatic heterocycles. The molecular formula is C13H7N5S2. The third-order valence-corrected chi connectivity index (χ3v) is 3.85. The van der Waals surface area contributed by atoms with E-state index in [0.717, 1.165) is 11.4 Å². The van der Waals surface area contributed by atoms with Crippen LogP contribution in [0, 0.1) is 11.3 Å². The van der Waals surface area contributed by atoms with Gasteiger partial charge in [0.1, 0.15) is 16.8 Å². The first-order chi connectivity index (χ1) is 9.86. The molecule has 3 rings (SSSR count). The zero-order chi connectivity index (χ0) is 13.8. The Bertz CT molecular complexity index is 769. The summed E-state index contributed by atoms with van der Waals surface area (Å²) in [6.45, 7) is 0. The van der Waals surface area contributed by atoms with E-state index in [1.165, 1.54) is 22.9 Å². The molecule has 0 spiro atoms. The lowest BCUT2D eigenvalue weighted by atomic mass is 10.2. The molecule has 0 unspecified atom stereocenters. The average Bonchev–Trinajstić information content (AvgIpc) is 3.17. The van der Waals surface area contributed by atoms with Gasteiger partial charge in [-0.15, -0.1) is 16.4 Å². The summed E-state index contributed by atoms with van der Waals surface area (Å²) in [5, 5.41) is 17.5. The van der Waals surface area contributed by atoms with Crippen LogP contribution in [0.4, 0.5) is 0 Å². The first-order valence-corrected chi connectivity index (χ1v) is 7.34. The van der Waals surface area contributed by atoms with Crippen LogP contribution in [0.5, 0.6) is 0 Å². The van der Waals surface area contributed by atoms with Crippen molar-refractivity contribution in [2.45, 2.75) is 0 Å². The second-order valence-electron chi connectivity index (χ2n) is 3.75. The van der Waals surface area contributed by atoms with Gasteiger partial charge in [0.2, 0.25) is 0 Å². The van der Waals surface area contributed by atoms with E-state index in [1.54, 1.807) is 17.7 Å². The van der Waals surface area contributed by atoms with E-state index in [9.17, 15) is 5.26 Å². The lowest BCUT2D eigenvalue weighted by molar-refractivity contribution is 1.14. The van der Waals surface area contributed by atoms with Crippen LogP contribution in [0.3, 0.4) is 0 Å². The van der Waals surface area contributed by atoms with Crippen molar-refractivity contribution in [3.8, 4) is 17.5 Å². The quantitative estimate of drug-likeness (QED) is 0.694. The molecule has 3 heterocycles. The predicted octanol–water partition coefficient (Wildman–Crippen LogP) is 3.12. The first-order valence-electron chi connectivity index (χ1n) is 5.63. The number of hydrogen-bond acceptors (Lipinski definition) is 7. The largest absolute Gasteiger partial charge is 0.255 e. The van der Waals surface area contributed by atoms with Gasteiger partial charge < -0.3 is 0 Å². The Kier molecular flexibility index (Phi) is 3.58. The Hall–Kier alpha value is -2.43. The van der Waals surface area contributed by atoms with E-state index >= 15 is 0 Å². The summed E-state index contributed by atoms with van der Waals surface area (Å²) in [4.78, 5) is 8.70. The summed E-state index contributed by atoms with van der Waals surface area (Å²) in [5.41, 5.74) is 2.71. The molecular weight excluding hydrogens is 290 g/mol. The highest BCUT2D eigenvalue weighted by Crippen LogP contribution is 2.25. The molecule has 7 heteroatoms. The Labute approximate surface area is 123 Å². The van der Waals surface area contributed by atoms with Gasteiger partial charge in [-0.25, -0.2) is 4.98 Å². The van der Waals surface area contributed by atoms with Gasteiger partial charge >= 0.3 is 0 Å². The number of nitriles is 1. The van der Waals surface area contributed by atoms with E-state index in [1.807, 2.05) is 23.6 Å². The summed E-state index contributed by atoms with van der Waals surface area (Å²) in [5.74, 6) is 0. The van der Waals surface area contributed by atoms with Gasteiger partial charge in [-0.1, -0.05) is 10.6 Å². The van der Waals surface area contributed by atoms with Crippen molar-refractivity contribution in [2.75, 3.05) is 0 Å². The fraction of sp³-hybridized carbons (Fsp3) is 0. The van der Waals surface area contributed by atoms with Crippen LogP contribution < -0.4 is 0 Å². The Morgan fingerprint density at radius 2 is 2.20 bits per heavy atom. The summed E-state index contributed by atoms with van der Waals surface area (Å²) < 4.78 is 3.77. The van der Waals surface area contributed by atoms with Gasteiger partial charge in [0, 0.05) is 17.0 Å². The highest BCUT2D eigenvalue weighted by atomic mass is 32.1. The topological polar surface area (TPSA) is 75.3 Å². The zero-order valence-electron chi connectivity index (χ0n) is 10.1. The van der Waals surface area contributed by atoms with Crippen LogP contribution in [0.25, 0.3) is 23.0 Å². The van der Waals surface area contributed by atoms with Gasteiger partial charge in [0.05, 0.1) is 17.0 Å². The summed E-state index contributed by atoms with van der Waals surface area (Å²) in [6.07, 6.45) is 3.40. The monoisotopic (exact) mass is 297 g/mol. The highest BCUT2D eigenvalue weighted by Gasteiger charge is 2.10. The molecule has 96 valence electrons. The Morgan fingerprint density at radius 1 is 1.25 bits per heavy atom. The molecule has 3 aromatic rings. The van der Waals surface area contributed by atoms with Crippen molar-refractivity contribution < 1.29 is 0 Å². The second-order valence-corrected chi connectivity index (χ2v) is 5.22. The van der Waals surface area contributed by atoms with Crippen molar-refractivity contribution >= 4 is 34.5 Å². The Morgan fingerprint density at radius 3 is 2.90 bits per heavy atom. The maximum atomic E-state index is 9.25. The lowest BCUT2D eigenvalue weighted by Crippen LogP contribution is -1.84. The molecule has 0 aromatic carbocycles. The molecule has 0 fully saturated rings. The fourth-order valence-electron chi connectivity index (χ4n) is 1.55. The molecule has 0 N–H and O–H groups in total. The van der Waals surface area contributed by atoms with E-state index in [4.69, 9.17) is 0 Å². The number of thiazole rings is 1. The normalized spacial score (nSPS) is 11.2. The number of pyridine rings is 1. The van der Waals surface area contributed by atoms with Gasteiger partial charge in [-0.05, 0) is 29.7 Å². The van der Waals surface area contributed by atoms with Crippen molar-refractivity contribution in [2.24, 2.45) is 0 Å². The second kappa shape index (κ2) is 5.69. The number of hydrogen-bond donors (Lipinski definition) is 0. The van der Waals surface area contributed by atoms with Crippen LogP contribution in [0.1, 0.15) is 10.7 Å². The van der Waals surface area contributed by atoms with Crippen LogP contribution >= 0.6 is 22.9 Å². The van der Waals surface area contributed by atoms with Crippen LogP contribution in [0.15, 0.2) is 35.2 Å². The zero-order valence-corrected chi connectivity index (χ0v) is 11.7. The van der Waals surface area contributed by atoms with Gasteiger partial charge in [-0.3, -0.25) is 4.98 Å². The molecule has 0 saturated heterocycles. The predicted molar refractivity (Wildman–Crippen MR) is 78.7 cm³/mol. The van der Waals surface area contributed by atoms with E-state index < -0.39 is 0 Å². The smallest absolute Gasteiger partial charge is 0.134 e. The van der Waals surface area contributed by atoms with Gasteiger partial charge in [0.25, 0.3) is 0 Å². The minimum absolute atomic E-state index is 0.477. The van der Waals surface area contributed by atoms with E-state index in [-0.39, 0.29) is 0 Å².